The fourth-order valence-electron chi connectivity index (χ4n) is 4.04. The molecule has 14 nitrogen and oxygen atoms in total. The Morgan fingerprint density at radius 1 is 0.636 bits per heavy atom. The van der Waals surface area contributed by atoms with E-state index in [1.165, 1.54) is 62.5 Å². The Hall–Kier alpha value is -5.47. The Kier molecular flexibility index (Phi) is 49.8. The van der Waals surface area contributed by atoms with Crippen LogP contribution >= 0.6 is 0 Å². The molecule has 14 heteroatoms. The average Bonchev–Trinajstić information content (AvgIpc) is 3.31. The van der Waals surface area contributed by atoms with E-state index in [4.69, 9.17) is 30.4 Å². The molecule has 376 valence electrons. The molecule has 0 bridgehead atoms. The highest BCUT2D eigenvalue weighted by Crippen LogP contribution is 2.29. The van der Waals surface area contributed by atoms with Gasteiger partial charge in [0.2, 0.25) is 0 Å². The first-order valence-electron chi connectivity index (χ1n) is 23.6. The van der Waals surface area contributed by atoms with Gasteiger partial charge in [0.25, 0.3) is 5.69 Å². The van der Waals surface area contributed by atoms with Crippen LogP contribution in [0.5, 0.6) is 5.75 Å². The summed E-state index contributed by atoms with van der Waals surface area (Å²) >= 11 is 0. The largest absolute Gasteiger partial charge is 0.495 e. The number of nitro groups is 1. The number of hydrogen-bond donors (Lipinski definition) is 4. The van der Waals surface area contributed by atoms with Crippen LogP contribution in [0.4, 0.5) is 28.4 Å². The number of nitro benzene ring substituents is 1. The van der Waals surface area contributed by atoms with Crippen molar-refractivity contribution in [3.05, 3.63) is 94.1 Å². The maximum atomic E-state index is 10.7. The number of allylic oxidation sites excluding steroid dienone is 2. The summed E-state index contributed by atoms with van der Waals surface area (Å²) in [4.78, 5) is 41.7. The van der Waals surface area contributed by atoms with Crippen molar-refractivity contribution >= 4 is 46.0 Å². The molecule has 0 unspecified atom stereocenters. The summed E-state index contributed by atoms with van der Waals surface area (Å²) in [5.41, 5.74) is 22.4. The number of carbonyl (C=O) groups is 3. The molecule has 3 aromatic rings. The van der Waals surface area contributed by atoms with E-state index < -0.39 is 4.92 Å². The van der Waals surface area contributed by atoms with Crippen molar-refractivity contribution in [3.63, 3.8) is 0 Å². The zero-order valence-corrected chi connectivity index (χ0v) is 43.0. The molecule has 3 aromatic carbocycles. The Labute approximate surface area is 399 Å². The standard InChI is InChI=1S/C14H16N4O3.C8H12O2.C8H18O2.C7H9N.C7H14O2.2C4H10/c1-9-7-12(15)14(21-2)8-13(9)17-16-10-3-5-11(6-4-10)18(19)20;1-3-4-8(10)6-5-7(2)9;1-3-5-9-7-8-10-6-4-2;1-6-2-4-7(8)5-3-6;1-3-5-7(8)9-6-4-2;2*1-3-4-2/h3-8,16-17H,15H2,1-2H3;5-6H,3-4H2,1-2H3;3-8H2,1-2H3;2-5H,8H2,1H3;3-6H2,1-2H3;2*3-4H2,1-2H3/b;6-5-;;;;;. The lowest BCUT2D eigenvalue weighted by atomic mass is 10.1. The van der Waals surface area contributed by atoms with Gasteiger partial charge in [-0.1, -0.05) is 106 Å². The van der Waals surface area contributed by atoms with Gasteiger partial charge in [-0.15, -0.1) is 0 Å². The van der Waals surface area contributed by atoms with Crippen LogP contribution in [0.1, 0.15) is 151 Å². The first-order valence-corrected chi connectivity index (χ1v) is 23.6. The Bertz CT molecular complexity index is 1610. The number of nitrogens with one attached hydrogen (secondary N) is 2. The molecule has 0 aliphatic carbocycles. The predicted octanol–water partition coefficient (Wildman–Crippen LogP) is 13.2. The first kappa shape index (κ1) is 67.1. The zero-order chi connectivity index (χ0) is 51.0. The molecule has 0 fully saturated rings. The number of esters is 1. The van der Waals surface area contributed by atoms with Crippen molar-refractivity contribution in [1.82, 2.24) is 0 Å². The fourth-order valence-corrected chi connectivity index (χ4v) is 4.04. The molecule has 0 saturated heterocycles. The van der Waals surface area contributed by atoms with Gasteiger partial charge in [-0.25, -0.2) is 0 Å². The van der Waals surface area contributed by atoms with Crippen molar-refractivity contribution in [2.24, 2.45) is 0 Å². The smallest absolute Gasteiger partial charge is 0.305 e. The van der Waals surface area contributed by atoms with E-state index in [9.17, 15) is 24.5 Å². The Morgan fingerprint density at radius 3 is 1.53 bits per heavy atom. The fraction of sp³-hybridized carbons (Fsp3) is 0.558. The van der Waals surface area contributed by atoms with E-state index in [1.54, 1.807) is 31.4 Å². The van der Waals surface area contributed by atoms with Gasteiger partial charge in [0, 0.05) is 49.9 Å². The molecular formula is C52H89N5O9. The average molecular weight is 928 g/mol. The van der Waals surface area contributed by atoms with Crippen molar-refractivity contribution in [3.8, 4) is 5.75 Å². The third kappa shape index (κ3) is 45.1. The summed E-state index contributed by atoms with van der Waals surface area (Å²) in [6.45, 7) is 28.0. The Balaban J connectivity index is -0.000000367. The summed E-state index contributed by atoms with van der Waals surface area (Å²) in [7, 11) is 1.55. The molecular weight excluding hydrogens is 839 g/mol. The summed E-state index contributed by atoms with van der Waals surface area (Å²) in [5.74, 6) is 0.454. The number of ether oxygens (including phenoxy) is 4. The number of aryl methyl sites for hydroxylation is 2. The van der Waals surface area contributed by atoms with Gasteiger partial charge in [0.15, 0.2) is 11.6 Å². The van der Waals surface area contributed by atoms with E-state index >= 15 is 0 Å². The number of hydrogen-bond acceptors (Lipinski definition) is 13. The highest BCUT2D eigenvalue weighted by molar-refractivity contribution is 5.97. The molecule has 0 aliphatic heterocycles. The molecule has 6 N–H and O–H groups in total. The van der Waals surface area contributed by atoms with Crippen LogP contribution in [0, 0.1) is 24.0 Å². The number of unbranched alkanes of at least 4 members (excludes halogenated alkanes) is 2. The van der Waals surface area contributed by atoms with Crippen LogP contribution in [-0.2, 0) is 28.6 Å². The highest BCUT2D eigenvalue weighted by Gasteiger charge is 2.07. The lowest BCUT2D eigenvalue weighted by molar-refractivity contribution is -0.384. The van der Waals surface area contributed by atoms with Crippen LogP contribution < -0.4 is 27.1 Å². The second-order valence-corrected chi connectivity index (χ2v) is 14.7. The SMILES string of the molecule is CCCC.CCCC.CCCC(=O)/C=C\C(C)=O.CCCOC(=O)CCC.CCCOCCOCCC.COc1cc(NNc2ccc([N+](=O)[O-])cc2)c(C)cc1N.Cc1ccc(N)cc1. The second-order valence-electron chi connectivity index (χ2n) is 14.7. The van der Waals surface area contributed by atoms with Gasteiger partial charge in [0.05, 0.1) is 48.9 Å². The molecule has 0 aromatic heterocycles. The lowest BCUT2D eigenvalue weighted by Gasteiger charge is -2.14. The third-order valence-corrected chi connectivity index (χ3v) is 8.06. The molecule has 0 spiro atoms. The number of anilines is 4. The topological polar surface area (TPSA) is 207 Å². The van der Waals surface area contributed by atoms with Gasteiger partial charge >= 0.3 is 5.97 Å². The van der Waals surface area contributed by atoms with Crippen LogP contribution in [0.2, 0.25) is 0 Å². The molecule has 0 amide bonds. The molecule has 0 heterocycles. The third-order valence-electron chi connectivity index (χ3n) is 8.06. The summed E-state index contributed by atoms with van der Waals surface area (Å²) < 4.78 is 20.4. The minimum atomic E-state index is -0.438. The summed E-state index contributed by atoms with van der Waals surface area (Å²) in [5, 5.41) is 10.6. The van der Waals surface area contributed by atoms with Crippen LogP contribution in [-0.4, -0.2) is 62.6 Å². The summed E-state index contributed by atoms with van der Waals surface area (Å²) in [6.07, 6.45) is 13.8. The van der Waals surface area contributed by atoms with E-state index in [1.807, 2.05) is 58.9 Å². The second kappa shape index (κ2) is 49.0. The van der Waals surface area contributed by atoms with Crippen molar-refractivity contribution in [2.75, 3.05) is 62.5 Å². The molecule has 0 radical (unpaired) electrons. The molecule has 3 rings (SSSR count). The number of methoxy groups -OCH3 is 1. The van der Waals surface area contributed by atoms with Gasteiger partial charge in [0.1, 0.15) is 5.75 Å². The van der Waals surface area contributed by atoms with Crippen LogP contribution in [0.15, 0.2) is 72.8 Å². The van der Waals surface area contributed by atoms with Gasteiger partial charge < -0.3 is 41.3 Å². The number of nitrogens with zero attached hydrogens (tertiary/aromatic N) is 1. The van der Waals surface area contributed by atoms with Gasteiger partial charge in [-0.2, -0.15) is 0 Å². The minimum absolute atomic E-state index is 0.0256. The van der Waals surface area contributed by atoms with E-state index in [0.717, 1.165) is 75.5 Å². The van der Waals surface area contributed by atoms with Gasteiger partial charge in [-0.05, 0) is 101 Å². The number of benzene rings is 3. The van der Waals surface area contributed by atoms with Crippen molar-refractivity contribution < 1.29 is 38.3 Å². The number of rotatable bonds is 22. The van der Waals surface area contributed by atoms with Gasteiger partial charge in [-0.3, -0.25) is 24.5 Å². The minimum Gasteiger partial charge on any atom is -0.495 e. The maximum absolute atomic E-state index is 10.7. The number of nitrogens with two attached hydrogens (primary N) is 2. The Morgan fingerprint density at radius 2 is 1.14 bits per heavy atom. The van der Waals surface area contributed by atoms with Crippen molar-refractivity contribution in [1.29, 1.82) is 0 Å². The maximum Gasteiger partial charge on any atom is 0.305 e. The number of nitrogen functional groups attached to an aromatic ring is 2. The van der Waals surface area contributed by atoms with Crippen LogP contribution in [0.25, 0.3) is 0 Å². The highest BCUT2D eigenvalue weighted by atomic mass is 16.6. The molecule has 66 heavy (non-hydrogen) atoms. The molecule has 0 atom stereocenters. The predicted molar refractivity (Wildman–Crippen MR) is 277 cm³/mol. The van der Waals surface area contributed by atoms with E-state index in [0.29, 0.717) is 36.6 Å². The van der Waals surface area contributed by atoms with Crippen LogP contribution in [0.3, 0.4) is 0 Å². The van der Waals surface area contributed by atoms with E-state index in [2.05, 4.69) is 52.4 Å². The number of hydrazine groups is 1. The zero-order valence-electron chi connectivity index (χ0n) is 43.0. The number of ketones is 2. The molecule has 0 aliphatic rings. The van der Waals surface area contributed by atoms with E-state index in [-0.39, 0.29) is 23.2 Å². The quantitative estimate of drug-likeness (QED) is 0.0185. The summed E-state index contributed by atoms with van der Waals surface area (Å²) in [6, 6.07) is 17.5. The number of carbonyl (C=O) groups excluding carboxylic acids is 3. The normalized spacial score (nSPS) is 9.53. The monoisotopic (exact) mass is 928 g/mol. The lowest BCUT2D eigenvalue weighted by Crippen LogP contribution is -2.10. The molecule has 0 saturated carbocycles. The van der Waals surface area contributed by atoms with Crippen molar-refractivity contribution in [2.45, 2.75) is 154 Å². The number of non-ortho nitro benzene ring substituents is 1. The first-order chi connectivity index (χ1) is 31.5.